The van der Waals surface area contributed by atoms with E-state index >= 15 is 0 Å². The van der Waals surface area contributed by atoms with Crippen LogP contribution in [0.25, 0.3) is 0 Å². The van der Waals surface area contributed by atoms with Gasteiger partial charge in [-0.15, -0.1) is 0 Å². The number of hydrogen-bond acceptors (Lipinski definition) is 3. The third-order valence-corrected chi connectivity index (χ3v) is 6.81. The SMILES string of the molecule is COc1cc(O)cc(OC[C@H]2C(C)=CC[C@H]3C(C)(C)CCC[C@]23C)c1. The molecule has 1 aromatic rings. The maximum absolute atomic E-state index is 9.85. The van der Waals surface area contributed by atoms with Gasteiger partial charge in [0.1, 0.15) is 17.2 Å². The van der Waals surface area contributed by atoms with Gasteiger partial charge in [0.05, 0.1) is 13.7 Å². The van der Waals surface area contributed by atoms with Gasteiger partial charge < -0.3 is 14.6 Å². The Bertz CT molecular complexity index is 661. The number of phenols is 1. The van der Waals surface area contributed by atoms with Crippen molar-refractivity contribution in [3.63, 3.8) is 0 Å². The second kappa shape index (κ2) is 6.59. The van der Waals surface area contributed by atoms with Crippen molar-refractivity contribution in [2.24, 2.45) is 22.7 Å². The van der Waals surface area contributed by atoms with Crippen LogP contribution in [0.4, 0.5) is 0 Å². The summed E-state index contributed by atoms with van der Waals surface area (Å²) < 4.78 is 11.4. The van der Waals surface area contributed by atoms with Gasteiger partial charge in [0.15, 0.2) is 0 Å². The van der Waals surface area contributed by atoms with Crippen LogP contribution in [0.5, 0.6) is 17.2 Å². The molecule has 2 aliphatic carbocycles. The first kappa shape index (κ1) is 18.2. The molecule has 3 atom stereocenters. The molecule has 0 bridgehead atoms. The lowest BCUT2D eigenvalue weighted by molar-refractivity contribution is -0.0481. The number of aromatic hydroxyl groups is 1. The van der Waals surface area contributed by atoms with Crippen molar-refractivity contribution in [3.8, 4) is 17.2 Å². The van der Waals surface area contributed by atoms with Crippen LogP contribution in [0.3, 0.4) is 0 Å². The van der Waals surface area contributed by atoms with Crippen LogP contribution < -0.4 is 9.47 Å². The van der Waals surface area contributed by atoms with Gasteiger partial charge in [0.2, 0.25) is 0 Å². The summed E-state index contributed by atoms with van der Waals surface area (Å²) in [5.41, 5.74) is 2.11. The Balaban J connectivity index is 1.82. The Morgan fingerprint density at radius 1 is 1.12 bits per heavy atom. The zero-order valence-corrected chi connectivity index (χ0v) is 16.3. The van der Waals surface area contributed by atoms with Crippen LogP contribution in [0, 0.1) is 22.7 Å². The molecular weight excluding hydrogens is 312 g/mol. The maximum Gasteiger partial charge on any atom is 0.126 e. The van der Waals surface area contributed by atoms with Crippen LogP contribution in [0.1, 0.15) is 53.4 Å². The van der Waals surface area contributed by atoms with E-state index in [-0.39, 0.29) is 11.2 Å². The van der Waals surface area contributed by atoms with Crippen LogP contribution >= 0.6 is 0 Å². The van der Waals surface area contributed by atoms with Crippen molar-refractivity contribution in [2.75, 3.05) is 13.7 Å². The lowest BCUT2D eigenvalue weighted by Crippen LogP contribution is -2.49. The van der Waals surface area contributed by atoms with E-state index in [0.29, 0.717) is 35.4 Å². The monoisotopic (exact) mass is 344 g/mol. The molecule has 0 aromatic heterocycles. The van der Waals surface area contributed by atoms with Gasteiger partial charge in [-0.25, -0.2) is 0 Å². The fourth-order valence-corrected chi connectivity index (χ4v) is 5.40. The van der Waals surface area contributed by atoms with Crippen LogP contribution in [-0.4, -0.2) is 18.8 Å². The molecule has 0 spiro atoms. The Morgan fingerprint density at radius 2 is 1.84 bits per heavy atom. The summed E-state index contributed by atoms with van der Waals surface area (Å²) in [7, 11) is 1.60. The minimum absolute atomic E-state index is 0.174. The highest BCUT2D eigenvalue weighted by Crippen LogP contribution is 2.59. The number of methoxy groups -OCH3 is 1. The number of allylic oxidation sites excluding steroid dienone is 1. The van der Waals surface area contributed by atoms with E-state index in [0.717, 1.165) is 0 Å². The Labute approximate surface area is 152 Å². The maximum atomic E-state index is 9.85. The largest absolute Gasteiger partial charge is 0.508 e. The molecule has 3 rings (SSSR count). The Hall–Kier alpha value is -1.64. The number of benzene rings is 1. The number of hydrogen-bond donors (Lipinski definition) is 1. The topological polar surface area (TPSA) is 38.7 Å². The normalized spacial score (nSPS) is 31.0. The number of phenolic OH excluding ortho intramolecular Hbond substituents is 1. The van der Waals surface area contributed by atoms with Crippen molar-refractivity contribution in [1.82, 2.24) is 0 Å². The van der Waals surface area contributed by atoms with Gasteiger partial charge in [-0.1, -0.05) is 38.8 Å². The molecule has 1 fully saturated rings. The molecular formula is C22H32O3. The van der Waals surface area contributed by atoms with Gasteiger partial charge in [-0.3, -0.25) is 0 Å². The van der Waals surface area contributed by atoms with E-state index in [2.05, 4.69) is 33.8 Å². The summed E-state index contributed by atoms with van der Waals surface area (Å²) >= 11 is 0. The molecule has 3 heteroatoms. The molecule has 25 heavy (non-hydrogen) atoms. The second-order valence-electron chi connectivity index (χ2n) is 8.81. The third kappa shape index (κ3) is 3.38. The molecule has 1 aromatic carbocycles. The van der Waals surface area contributed by atoms with Gasteiger partial charge in [0.25, 0.3) is 0 Å². The summed E-state index contributed by atoms with van der Waals surface area (Å²) in [5, 5.41) is 9.85. The van der Waals surface area contributed by atoms with E-state index in [1.54, 1.807) is 19.2 Å². The van der Waals surface area contributed by atoms with Crippen molar-refractivity contribution < 1.29 is 14.6 Å². The van der Waals surface area contributed by atoms with Crippen molar-refractivity contribution >= 4 is 0 Å². The van der Waals surface area contributed by atoms with E-state index in [1.807, 2.05) is 6.07 Å². The van der Waals surface area contributed by atoms with Crippen LogP contribution in [-0.2, 0) is 0 Å². The molecule has 0 aliphatic heterocycles. The highest BCUT2D eigenvalue weighted by Gasteiger charge is 2.52. The van der Waals surface area contributed by atoms with E-state index in [1.165, 1.54) is 31.3 Å². The standard InChI is InChI=1S/C22H32O3/c1-15-7-8-20-21(2,3)9-6-10-22(20,4)19(15)14-25-18-12-16(23)11-17(13-18)24-5/h7,11-13,19-20,23H,6,8-10,14H2,1-5H3/t19-,20-,22+/m0/s1. The van der Waals surface area contributed by atoms with Gasteiger partial charge in [-0.2, -0.15) is 0 Å². The highest BCUT2D eigenvalue weighted by atomic mass is 16.5. The molecule has 2 aliphatic rings. The Kier molecular flexibility index (Phi) is 4.78. The zero-order valence-electron chi connectivity index (χ0n) is 16.3. The van der Waals surface area contributed by atoms with Crippen molar-refractivity contribution in [2.45, 2.75) is 53.4 Å². The van der Waals surface area contributed by atoms with E-state index < -0.39 is 0 Å². The third-order valence-electron chi connectivity index (χ3n) is 6.81. The quantitative estimate of drug-likeness (QED) is 0.725. The van der Waals surface area contributed by atoms with E-state index in [4.69, 9.17) is 9.47 Å². The highest BCUT2D eigenvalue weighted by molar-refractivity contribution is 5.41. The first-order valence-corrected chi connectivity index (χ1v) is 9.44. The van der Waals surface area contributed by atoms with E-state index in [9.17, 15) is 5.11 Å². The summed E-state index contributed by atoms with van der Waals surface area (Å²) in [4.78, 5) is 0. The summed E-state index contributed by atoms with van der Waals surface area (Å²) in [6.07, 6.45) is 7.49. The minimum Gasteiger partial charge on any atom is -0.508 e. The minimum atomic E-state index is 0.174. The summed E-state index contributed by atoms with van der Waals surface area (Å²) in [6, 6.07) is 5.10. The lowest BCUT2D eigenvalue weighted by atomic mass is 9.49. The molecule has 0 saturated heterocycles. The molecule has 0 unspecified atom stereocenters. The van der Waals surface area contributed by atoms with Crippen molar-refractivity contribution in [3.05, 3.63) is 29.8 Å². The molecule has 0 heterocycles. The summed E-state index contributed by atoms with van der Waals surface area (Å²) in [5.74, 6) is 2.58. The number of fused-ring (bicyclic) bond motifs is 1. The van der Waals surface area contributed by atoms with Gasteiger partial charge >= 0.3 is 0 Å². The molecule has 3 nitrogen and oxygen atoms in total. The van der Waals surface area contributed by atoms with Crippen LogP contribution in [0.2, 0.25) is 0 Å². The molecule has 0 radical (unpaired) electrons. The first-order chi connectivity index (χ1) is 11.8. The average Bonchev–Trinajstić information content (AvgIpc) is 2.52. The van der Waals surface area contributed by atoms with Gasteiger partial charge in [0, 0.05) is 24.1 Å². The van der Waals surface area contributed by atoms with Crippen molar-refractivity contribution in [1.29, 1.82) is 0 Å². The summed E-state index contributed by atoms with van der Waals surface area (Å²) in [6.45, 7) is 10.2. The fraction of sp³-hybridized carbons (Fsp3) is 0.636. The Morgan fingerprint density at radius 3 is 2.56 bits per heavy atom. The molecule has 1 N–H and O–H groups in total. The van der Waals surface area contributed by atoms with Crippen LogP contribution in [0.15, 0.2) is 29.8 Å². The predicted molar refractivity (Wildman–Crippen MR) is 101 cm³/mol. The smallest absolute Gasteiger partial charge is 0.126 e. The second-order valence-corrected chi connectivity index (χ2v) is 8.81. The molecule has 138 valence electrons. The predicted octanol–water partition coefficient (Wildman–Crippen LogP) is 5.58. The fourth-order valence-electron chi connectivity index (χ4n) is 5.40. The first-order valence-electron chi connectivity index (χ1n) is 9.44. The van der Waals surface area contributed by atoms with Gasteiger partial charge in [-0.05, 0) is 42.9 Å². The average molecular weight is 344 g/mol. The molecule has 1 saturated carbocycles. The zero-order chi connectivity index (χ0) is 18.2. The number of rotatable bonds is 4. The molecule has 0 amide bonds. The lowest BCUT2D eigenvalue weighted by Gasteiger charge is -2.56. The number of ether oxygens (including phenoxy) is 2.